The van der Waals surface area contributed by atoms with Crippen molar-refractivity contribution in [2.45, 2.75) is 70.4 Å². The van der Waals surface area contributed by atoms with Gasteiger partial charge >= 0.3 is 0 Å². The van der Waals surface area contributed by atoms with Gasteiger partial charge in [-0.2, -0.15) is 0 Å². The smallest absolute Gasteiger partial charge is 0.119 e. The van der Waals surface area contributed by atoms with E-state index in [2.05, 4.69) is 47.2 Å². The van der Waals surface area contributed by atoms with E-state index >= 15 is 0 Å². The molecule has 162 valence electrons. The topological polar surface area (TPSA) is 15.7 Å². The third kappa shape index (κ3) is 4.53. The van der Waals surface area contributed by atoms with Crippen LogP contribution in [0.2, 0.25) is 0 Å². The number of benzene rings is 2. The van der Waals surface area contributed by atoms with Crippen molar-refractivity contribution in [3.63, 3.8) is 0 Å². The molecule has 0 N–H and O–H groups in total. The molecule has 1 atom stereocenters. The summed E-state index contributed by atoms with van der Waals surface area (Å²) in [6.45, 7) is 5.71. The Labute approximate surface area is 182 Å². The SMILES string of the molecule is CN1CCC[C@H]1CCOc1ccc2c3c(ccc2c1)CCN(CC1CCCCC1)C3. The number of hydrogen-bond acceptors (Lipinski definition) is 3. The fourth-order valence-corrected chi connectivity index (χ4v) is 6.06. The molecule has 3 nitrogen and oxygen atoms in total. The predicted octanol–water partition coefficient (Wildman–Crippen LogP) is 5.64. The van der Waals surface area contributed by atoms with Gasteiger partial charge in [-0.1, -0.05) is 37.5 Å². The highest BCUT2D eigenvalue weighted by molar-refractivity contribution is 5.88. The van der Waals surface area contributed by atoms with Crippen molar-refractivity contribution >= 4 is 10.8 Å². The van der Waals surface area contributed by atoms with Crippen LogP contribution >= 0.6 is 0 Å². The van der Waals surface area contributed by atoms with E-state index in [4.69, 9.17) is 4.74 Å². The van der Waals surface area contributed by atoms with E-state index in [0.717, 1.165) is 31.2 Å². The normalized spacial score (nSPS) is 23.7. The predicted molar refractivity (Wildman–Crippen MR) is 125 cm³/mol. The molecule has 2 aromatic carbocycles. The second-order valence-corrected chi connectivity index (χ2v) is 9.99. The maximum atomic E-state index is 6.15. The van der Waals surface area contributed by atoms with Crippen LogP contribution in [0.4, 0.5) is 0 Å². The Hall–Kier alpha value is -1.58. The van der Waals surface area contributed by atoms with Crippen molar-refractivity contribution in [2.75, 3.05) is 33.3 Å². The molecule has 0 aromatic heterocycles. The van der Waals surface area contributed by atoms with Crippen LogP contribution in [0, 0.1) is 5.92 Å². The Balaban J connectivity index is 1.25. The van der Waals surface area contributed by atoms with Crippen molar-refractivity contribution in [1.29, 1.82) is 0 Å². The van der Waals surface area contributed by atoms with E-state index in [1.807, 2.05) is 0 Å². The van der Waals surface area contributed by atoms with Gasteiger partial charge in [-0.05, 0) is 92.1 Å². The van der Waals surface area contributed by atoms with Gasteiger partial charge in [-0.3, -0.25) is 4.90 Å². The minimum Gasteiger partial charge on any atom is -0.494 e. The fourth-order valence-electron chi connectivity index (χ4n) is 6.06. The van der Waals surface area contributed by atoms with Crippen LogP contribution in [-0.4, -0.2) is 49.1 Å². The van der Waals surface area contributed by atoms with Gasteiger partial charge in [0.15, 0.2) is 0 Å². The van der Waals surface area contributed by atoms with Crippen LogP contribution in [0.25, 0.3) is 10.8 Å². The van der Waals surface area contributed by atoms with E-state index in [0.29, 0.717) is 6.04 Å². The molecule has 1 aliphatic carbocycles. The average Bonchev–Trinajstić information content (AvgIpc) is 3.19. The minimum atomic E-state index is 0.702. The number of nitrogens with zero attached hydrogens (tertiary/aromatic N) is 2. The first kappa shape index (κ1) is 20.3. The van der Waals surface area contributed by atoms with Crippen molar-refractivity contribution in [2.24, 2.45) is 5.92 Å². The molecule has 3 aliphatic rings. The summed E-state index contributed by atoms with van der Waals surface area (Å²) in [5.41, 5.74) is 3.12. The van der Waals surface area contributed by atoms with Gasteiger partial charge in [0.05, 0.1) is 6.61 Å². The molecule has 0 unspecified atom stereocenters. The van der Waals surface area contributed by atoms with E-state index in [-0.39, 0.29) is 0 Å². The second-order valence-electron chi connectivity index (χ2n) is 9.99. The molecule has 2 aliphatic heterocycles. The zero-order valence-electron chi connectivity index (χ0n) is 18.7. The third-order valence-corrected chi connectivity index (χ3v) is 7.91. The molecule has 2 aromatic rings. The van der Waals surface area contributed by atoms with Crippen LogP contribution in [-0.2, 0) is 13.0 Å². The Morgan fingerprint density at radius 1 is 0.967 bits per heavy atom. The van der Waals surface area contributed by atoms with Gasteiger partial charge in [-0.25, -0.2) is 0 Å². The van der Waals surface area contributed by atoms with Crippen molar-refractivity contribution < 1.29 is 4.74 Å². The summed E-state index contributed by atoms with van der Waals surface area (Å²) in [5, 5.41) is 2.77. The quantitative estimate of drug-likeness (QED) is 0.617. The summed E-state index contributed by atoms with van der Waals surface area (Å²) in [7, 11) is 2.24. The average molecular weight is 407 g/mol. The van der Waals surface area contributed by atoms with Crippen molar-refractivity contribution in [3.8, 4) is 5.75 Å². The zero-order chi connectivity index (χ0) is 20.3. The molecule has 0 spiro atoms. The Morgan fingerprint density at radius 2 is 1.87 bits per heavy atom. The number of hydrogen-bond donors (Lipinski definition) is 0. The summed E-state index contributed by atoms with van der Waals surface area (Å²) in [4.78, 5) is 5.20. The fraction of sp³-hybridized carbons (Fsp3) is 0.630. The molecule has 3 heteroatoms. The number of likely N-dealkylation sites (tertiary alicyclic amines) is 1. The van der Waals surface area contributed by atoms with Gasteiger partial charge in [-0.15, -0.1) is 0 Å². The van der Waals surface area contributed by atoms with Crippen LogP contribution in [0.3, 0.4) is 0 Å². The molecule has 0 bridgehead atoms. The summed E-state index contributed by atoms with van der Waals surface area (Å²) in [6, 6.07) is 12.1. The highest BCUT2D eigenvalue weighted by Gasteiger charge is 2.23. The van der Waals surface area contributed by atoms with E-state index in [1.165, 1.54) is 81.8 Å². The molecular formula is C27H38N2O. The van der Waals surface area contributed by atoms with Crippen molar-refractivity contribution in [1.82, 2.24) is 9.80 Å². The third-order valence-electron chi connectivity index (χ3n) is 7.91. The highest BCUT2D eigenvalue weighted by Crippen LogP contribution is 2.32. The zero-order valence-corrected chi connectivity index (χ0v) is 18.7. The molecule has 0 amide bonds. The van der Waals surface area contributed by atoms with Gasteiger partial charge in [0.2, 0.25) is 0 Å². The van der Waals surface area contributed by atoms with E-state index in [1.54, 1.807) is 11.1 Å². The largest absolute Gasteiger partial charge is 0.494 e. The molecular weight excluding hydrogens is 368 g/mol. The maximum absolute atomic E-state index is 6.15. The van der Waals surface area contributed by atoms with Crippen LogP contribution < -0.4 is 4.74 Å². The summed E-state index contributed by atoms with van der Waals surface area (Å²) < 4.78 is 6.15. The molecule has 0 radical (unpaired) electrons. The number of ether oxygens (including phenoxy) is 1. The molecule has 1 saturated heterocycles. The second kappa shape index (κ2) is 9.28. The lowest BCUT2D eigenvalue weighted by Crippen LogP contribution is -2.35. The first-order valence-corrected chi connectivity index (χ1v) is 12.4. The van der Waals surface area contributed by atoms with Crippen molar-refractivity contribution in [3.05, 3.63) is 41.5 Å². The summed E-state index contributed by atoms with van der Waals surface area (Å²) >= 11 is 0. The molecule has 2 heterocycles. The van der Waals surface area contributed by atoms with Crippen LogP contribution in [0.15, 0.2) is 30.3 Å². The standard InChI is InChI=1S/C27H38N2O/c1-28-15-5-8-24(28)14-17-30-25-11-12-26-23(18-25)10-9-22-13-16-29(20-27(22)26)19-21-6-3-2-4-7-21/h9-12,18,21,24H,2-8,13-17,19-20H2,1H3/t24-/m0/s1. The monoisotopic (exact) mass is 406 g/mol. The lowest BCUT2D eigenvalue weighted by Gasteiger charge is -2.34. The van der Waals surface area contributed by atoms with Crippen LogP contribution in [0.5, 0.6) is 5.75 Å². The lowest BCUT2D eigenvalue weighted by atomic mass is 9.87. The van der Waals surface area contributed by atoms with Gasteiger partial charge < -0.3 is 9.64 Å². The Morgan fingerprint density at radius 3 is 2.70 bits per heavy atom. The Kier molecular flexibility index (Phi) is 6.29. The van der Waals surface area contributed by atoms with E-state index in [9.17, 15) is 0 Å². The number of rotatable bonds is 6. The van der Waals surface area contributed by atoms with Gasteiger partial charge in [0.1, 0.15) is 5.75 Å². The molecule has 1 saturated carbocycles. The molecule has 2 fully saturated rings. The highest BCUT2D eigenvalue weighted by atomic mass is 16.5. The minimum absolute atomic E-state index is 0.702. The summed E-state index contributed by atoms with van der Waals surface area (Å²) in [5.74, 6) is 1.95. The van der Waals surface area contributed by atoms with Crippen LogP contribution in [0.1, 0.15) is 62.5 Å². The summed E-state index contributed by atoms with van der Waals surface area (Å²) in [6.07, 6.45) is 12.2. The first-order chi connectivity index (χ1) is 14.8. The van der Waals surface area contributed by atoms with Gasteiger partial charge in [0, 0.05) is 25.7 Å². The van der Waals surface area contributed by atoms with Gasteiger partial charge in [0.25, 0.3) is 0 Å². The number of fused-ring (bicyclic) bond motifs is 3. The molecule has 5 rings (SSSR count). The first-order valence-electron chi connectivity index (χ1n) is 12.4. The van der Waals surface area contributed by atoms with E-state index < -0.39 is 0 Å². The lowest BCUT2D eigenvalue weighted by molar-refractivity contribution is 0.188. The molecule has 30 heavy (non-hydrogen) atoms. The Bertz CT molecular complexity index is 857. The maximum Gasteiger partial charge on any atom is 0.119 e.